The standard InChI is InChI=1S/C13H19.2C4H9.Hf/c1-2-3-4-5-6-7-10-13-11-8-9-12-13;2*1-3-4-2;/h2,8-9H,1,3-7,10-11H2;2*1,3-4H2,2H3;. The van der Waals surface area contributed by atoms with Crippen LogP contribution in [0.5, 0.6) is 0 Å². The molecular formula is C21H37Hf. The van der Waals surface area contributed by atoms with Crippen LogP contribution in [0.3, 0.4) is 0 Å². The Labute approximate surface area is 147 Å². The molecule has 0 radical (unpaired) electrons. The molecule has 22 heavy (non-hydrogen) atoms. The van der Waals surface area contributed by atoms with Gasteiger partial charge in [-0.1, -0.05) is 0 Å². The van der Waals surface area contributed by atoms with Crippen LogP contribution in [0.4, 0.5) is 0 Å². The van der Waals surface area contributed by atoms with Crippen molar-refractivity contribution in [1.29, 1.82) is 0 Å². The topological polar surface area (TPSA) is 0 Å². The van der Waals surface area contributed by atoms with Crippen LogP contribution in [0.2, 0.25) is 8.35 Å². The van der Waals surface area contributed by atoms with Gasteiger partial charge in [-0.25, -0.2) is 0 Å². The summed E-state index contributed by atoms with van der Waals surface area (Å²) in [6.45, 7) is 8.52. The number of rotatable bonds is 14. The zero-order chi connectivity index (χ0) is 16.0. The Morgan fingerprint density at radius 3 is 2.32 bits per heavy atom. The first-order valence-corrected chi connectivity index (χ1v) is 16.6. The second-order valence-corrected chi connectivity index (χ2v) is 16.5. The van der Waals surface area contributed by atoms with E-state index in [0.29, 0.717) is 0 Å². The fourth-order valence-corrected chi connectivity index (χ4v) is 15.6. The Morgan fingerprint density at radius 1 is 1.00 bits per heavy atom. The Morgan fingerprint density at radius 2 is 1.68 bits per heavy atom. The molecule has 0 N–H and O–H groups in total. The predicted octanol–water partition coefficient (Wildman–Crippen LogP) is 7.78. The summed E-state index contributed by atoms with van der Waals surface area (Å²) in [4.78, 5) is 0. The predicted molar refractivity (Wildman–Crippen MR) is 98.1 cm³/mol. The fourth-order valence-electron chi connectivity index (χ4n) is 3.31. The van der Waals surface area contributed by atoms with Crippen LogP contribution in [0.15, 0.2) is 33.7 Å². The summed E-state index contributed by atoms with van der Waals surface area (Å²) in [5.41, 5.74) is 1.86. The number of hydrogen-bond acceptors (Lipinski definition) is 0. The first-order chi connectivity index (χ1) is 10.8. The number of unbranched alkanes of at least 4 members (excludes halogenated alkanes) is 6. The van der Waals surface area contributed by atoms with Crippen LogP contribution in [-0.4, -0.2) is 0 Å². The maximum absolute atomic E-state index is 3.81. The Balaban J connectivity index is 2.46. The van der Waals surface area contributed by atoms with Crippen molar-refractivity contribution in [1.82, 2.24) is 0 Å². The van der Waals surface area contributed by atoms with Crippen molar-refractivity contribution < 1.29 is 21.4 Å². The molecule has 0 heterocycles. The van der Waals surface area contributed by atoms with Crippen LogP contribution in [0, 0.1) is 0 Å². The van der Waals surface area contributed by atoms with E-state index < -0.39 is 21.4 Å². The molecule has 0 aliphatic heterocycles. The van der Waals surface area contributed by atoms with E-state index in [9.17, 15) is 0 Å². The zero-order valence-electron chi connectivity index (χ0n) is 15.1. The fraction of sp³-hybridized carbons (Fsp3) is 0.714. The third kappa shape index (κ3) is 8.09. The van der Waals surface area contributed by atoms with Gasteiger partial charge in [0.2, 0.25) is 0 Å². The first-order valence-electron chi connectivity index (χ1n) is 9.68. The van der Waals surface area contributed by atoms with E-state index in [1.54, 1.807) is 8.35 Å². The molecule has 0 aromatic heterocycles. The molecular weight excluding hydrogens is 431 g/mol. The van der Waals surface area contributed by atoms with Crippen molar-refractivity contribution in [3.63, 3.8) is 0 Å². The van der Waals surface area contributed by atoms with E-state index in [1.165, 1.54) is 70.6 Å². The number of hydrogen-bond donors (Lipinski definition) is 0. The Bertz CT molecular complexity index is 343. The van der Waals surface area contributed by atoms with Crippen molar-refractivity contribution in [3.05, 3.63) is 33.7 Å². The molecule has 1 aliphatic rings. The zero-order valence-corrected chi connectivity index (χ0v) is 18.7. The van der Waals surface area contributed by atoms with Crippen LogP contribution in [0.1, 0.15) is 84.5 Å². The first kappa shape index (κ1) is 20.1. The van der Waals surface area contributed by atoms with E-state index in [1.807, 2.05) is 8.90 Å². The van der Waals surface area contributed by atoms with Gasteiger partial charge in [-0.05, 0) is 0 Å². The van der Waals surface area contributed by atoms with Gasteiger partial charge >= 0.3 is 148 Å². The van der Waals surface area contributed by atoms with Gasteiger partial charge in [0.1, 0.15) is 0 Å². The summed E-state index contributed by atoms with van der Waals surface area (Å²) in [7, 11) is 0. The molecule has 0 aromatic rings. The monoisotopic (exact) mass is 469 g/mol. The normalized spacial score (nSPS) is 13.9. The van der Waals surface area contributed by atoms with Gasteiger partial charge in [-0.15, -0.1) is 0 Å². The molecule has 0 saturated carbocycles. The van der Waals surface area contributed by atoms with Crippen molar-refractivity contribution in [2.75, 3.05) is 0 Å². The van der Waals surface area contributed by atoms with E-state index in [2.05, 4.69) is 38.7 Å². The van der Waals surface area contributed by atoms with E-state index >= 15 is 0 Å². The summed E-state index contributed by atoms with van der Waals surface area (Å²) in [6, 6.07) is 0. The van der Waals surface area contributed by atoms with Gasteiger partial charge in [0.25, 0.3) is 0 Å². The molecule has 0 atom stereocenters. The van der Waals surface area contributed by atoms with E-state index in [0.717, 1.165) is 0 Å². The number of allylic oxidation sites excluding steroid dienone is 5. The van der Waals surface area contributed by atoms with Crippen LogP contribution >= 0.6 is 0 Å². The molecule has 0 unspecified atom stereocenters. The van der Waals surface area contributed by atoms with E-state index in [-0.39, 0.29) is 0 Å². The average molecular weight is 468 g/mol. The molecule has 0 aromatic carbocycles. The van der Waals surface area contributed by atoms with Gasteiger partial charge in [0.15, 0.2) is 0 Å². The molecule has 1 aliphatic carbocycles. The second-order valence-electron chi connectivity index (χ2n) is 6.68. The minimum absolute atomic E-state index is 1.20. The van der Waals surface area contributed by atoms with Crippen LogP contribution in [0.25, 0.3) is 0 Å². The van der Waals surface area contributed by atoms with Crippen LogP contribution in [-0.2, 0) is 21.4 Å². The molecule has 0 fully saturated rings. The summed E-state index contributed by atoms with van der Waals surface area (Å²) in [5.74, 6) is 0. The SMILES string of the molecule is C=CCCCCCCC1=[C]([Hf]([CH2]CCC)[CH2]CCC)C=CC1. The summed E-state index contributed by atoms with van der Waals surface area (Å²) < 4.78 is 5.17. The van der Waals surface area contributed by atoms with Crippen LogP contribution < -0.4 is 0 Å². The van der Waals surface area contributed by atoms with Gasteiger partial charge in [0.05, 0.1) is 0 Å². The summed E-state index contributed by atoms with van der Waals surface area (Å²) in [5, 5.41) is 0. The minimum atomic E-state index is -1.48. The van der Waals surface area contributed by atoms with Gasteiger partial charge in [-0.2, -0.15) is 0 Å². The van der Waals surface area contributed by atoms with Gasteiger partial charge < -0.3 is 0 Å². The average Bonchev–Trinajstić information content (AvgIpc) is 2.99. The maximum atomic E-state index is 3.81. The summed E-state index contributed by atoms with van der Waals surface area (Å²) in [6.07, 6.45) is 22.2. The molecule has 0 bridgehead atoms. The molecule has 125 valence electrons. The summed E-state index contributed by atoms with van der Waals surface area (Å²) >= 11 is -1.48. The molecule has 0 amide bonds. The molecule has 1 rings (SSSR count). The molecule has 0 spiro atoms. The van der Waals surface area contributed by atoms with Gasteiger partial charge in [0, 0.05) is 0 Å². The quantitative estimate of drug-likeness (QED) is 0.139. The Hall–Kier alpha value is 0.0901. The van der Waals surface area contributed by atoms with E-state index in [4.69, 9.17) is 0 Å². The molecule has 1 heteroatoms. The third-order valence-corrected chi connectivity index (χ3v) is 16.2. The van der Waals surface area contributed by atoms with Crippen molar-refractivity contribution >= 4 is 0 Å². The molecule has 0 nitrogen and oxygen atoms in total. The Kier molecular flexibility index (Phi) is 12.4. The second kappa shape index (κ2) is 13.5. The van der Waals surface area contributed by atoms with Crippen molar-refractivity contribution in [3.8, 4) is 0 Å². The molecule has 0 saturated heterocycles. The third-order valence-electron chi connectivity index (χ3n) is 4.71. The van der Waals surface area contributed by atoms with Gasteiger partial charge in [-0.3, -0.25) is 0 Å². The van der Waals surface area contributed by atoms with Crippen molar-refractivity contribution in [2.24, 2.45) is 0 Å². The van der Waals surface area contributed by atoms with Crippen molar-refractivity contribution in [2.45, 2.75) is 92.8 Å².